The third-order valence-electron chi connectivity index (χ3n) is 4.81. The second-order valence-electron chi connectivity index (χ2n) is 5.98. The number of halogens is 1. The van der Waals surface area contributed by atoms with Crippen LogP contribution in [0.1, 0.15) is 11.7 Å². The molecule has 0 bridgehead atoms. The van der Waals surface area contributed by atoms with Crippen LogP contribution in [-0.2, 0) is 4.74 Å². The first-order chi connectivity index (χ1) is 10.7. The fourth-order valence-corrected chi connectivity index (χ4v) is 3.41. The lowest BCUT2D eigenvalue weighted by Gasteiger charge is -2.24. The second-order valence-corrected chi connectivity index (χ2v) is 5.98. The molecule has 6 nitrogen and oxygen atoms in total. The lowest BCUT2D eigenvalue weighted by atomic mass is 10.0. The number of azide groups is 1. The Morgan fingerprint density at radius 3 is 2.55 bits per heavy atom. The number of ether oxygens (including phenoxy) is 1. The highest BCUT2D eigenvalue weighted by Gasteiger charge is 2.53. The van der Waals surface area contributed by atoms with Crippen LogP contribution in [0.3, 0.4) is 0 Å². The first-order valence-electron chi connectivity index (χ1n) is 7.43. The fourth-order valence-electron chi connectivity index (χ4n) is 3.41. The molecule has 1 aliphatic carbocycles. The van der Waals surface area contributed by atoms with E-state index in [1.165, 1.54) is 7.11 Å². The molecule has 0 radical (unpaired) electrons. The van der Waals surface area contributed by atoms with E-state index in [0.29, 0.717) is 17.9 Å². The van der Waals surface area contributed by atoms with Crippen LogP contribution < -0.4 is 10.6 Å². The molecule has 0 aromatic heterocycles. The molecular formula is C15H20FN5O. The van der Waals surface area contributed by atoms with E-state index < -0.39 is 18.8 Å². The molecule has 1 aliphatic heterocycles. The lowest BCUT2D eigenvalue weighted by molar-refractivity contribution is 0.0722. The van der Waals surface area contributed by atoms with Gasteiger partial charge in [-0.15, -0.1) is 0 Å². The highest BCUT2D eigenvalue weighted by atomic mass is 19.1. The van der Waals surface area contributed by atoms with E-state index in [0.717, 1.165) is 24.3 Å². The number of fused-ring (bicyclic) bond motifs is 1. The van der Waals surface area contributed by atoms with Crippen LogP contribution in [0.4, 0.5) is 10.1 Å². The Morgan fingerprint density at radius 1 is 1.41 bits per heavy atom. The van der Waals surface area contributed by atoms with Crippen molar-refractivity contribution in [1.29, 1.82) is 0 Å². The molecule has 0 spiro atoms. The van der Waals surface area contributed by atoms with Crippen molar-refractivity contribution < 1.29 is 9.13 Å². The molecule has 2 unspecified atom stereocenters. The number of hydrogen-bond acceptors (Lipinski definition) is 4. The third kappa shape index (κ3) is 2.63. The molecular weight excluding hydrogens is 285 g/mol. The first-order valence-corrected chi connectivity index (χ1v) is 7.43. The number of anilines is 1. The van der Waals surface area contributed by atoms with Gasteiger partial charge in [0, 0.05) is 36.8 Å². The van der Waals surface area contributed by atoms with Crippen molar-refractivity contribution in [1.82, 2.24) is 0 Å². The van der Waals surface area contributed by atoms with Crippen molar-refractivity contribution in [3.8, 4) is 0 Å². The normalized spacial score (nSPS) is 28.7. The maximum Gasteiger partial charge on any atom is 0.101 e. The summed E-state index contributed by atoms with van der Waals surface area (Å²) in [4.78, 5) is 5.01. The Morgan fingerprint density at radius 2 is 2.05 bits per heavy atom. The van der Waals surface area contributed by atoms with Gasteiger partial charge in [-0.2, -0.15) is 0 Å². The van der Waals surface area contributed by atoms with Crippen LogP contribution in [0.2, 0.25) is 0 Å². The Kier molecular flexibility index (Phi) is 4.20. The molecule has 3 rings (SSSR count). The molecule has 2 aliphatic rings. The van der Waals surface area contributed by atoms with Crippen LogP contribution in [0, 0.1) is 11.8 Å². The average Bonchev–Trinajstić information content (AvgIpc) is 2.97. The Hall–Kier alpha value is -1.82. The van der Waals surface area contributed by atoms with Crippen molar-refractivity contribution in [2.45, 2.75) is 18.2 Å². The molecule has 2 fully saturated rings. The van der Waals surface area contributed by atoms with Crippen LogP contribution in [0.25, 0.3) is 10.4 Å². The summed E-state index contributed by atoms with van der Waals surface area (Å²) in [6.45, 7) is 1.26. The van der Waals surface area contributed by atoms with Gasteiger partial charge in [0.1, 0.15) is 6.67 Å². The molecule has 118 valence electrons. The summed E-state index contributed by atoms with van der Waals surface area (Å²) in [6, 6.07) is 7.35. The molecule has 1 aromatic carbocycles. The topological polar surface area (TPSA) is 87.2 Å². The standard InChI is InChI=1S/C15H20FN5O/c1-22-15(13(6-16)19-20-18)9-2-4-10(5-3-9)21-7-11-12(8-21)14(11)17/h2-5,11-15H,6-8,17H2,1H3/t11-,12?,13-,14?,15-/m1/s1. The van der Waals surface area contributed by atoms with Crippen molar-refractivity contribution in [2.24, 2.45) is 22.7 Å². The molecule has 22 heavy (non-hydrogen) atoms. The quantitative estimate of drug-likeness (QED) is 0.497. The van der Waals surface area contributed by atoms with Crippen molar-refractivity contribution in [3.05, 3.63) is 40.3 Å². The van der Waals surface area contributed by atoms with Crippen LogP contribution in [0.5, 0.6) is 0 Å². The lowest BCUT2D eigenvalue weighted by Crippen LogP contribution is -2.28. The highest BCUT2D eigenvalue weighted by molar-refractivity contribution is 5.50. The van der Waals surface area contributed by atoms with Crippen molar-refractivity contribution >= 4 is 5.69 Å². The zero-order chi connectivity index (χ0) is 15.7. The highest BCUT2D eigenvalue weighted by Crippen LogP contribution is 2.45. The molecule has 2 N–H and O–H groups in total. The minimum Gasteiger partial charge on any atom is -0.376 e. The molecule has 0 amide bonds. The summed E-state index contributed by atoms with van der Waals surface area (Å²) in [5.41, 5.74) is 16.4. The summed E-state index contributed by atoms with van der Waals surface area (Å²) >= 11 is 0. The van der Waals surface area contributed by atoms with E-state index in [4.69, 9.17) is 16.0 Å². The number of nitrogens with zero attached hydrogens (tertiary/aromatic N) is 4. The van der Waals surface area contributed by atoms with E-state index >= 15 is 0 Å². The zero-order valence-corrected chi connectivity index (χ0v) is 12.5. The third-order valence-corrected chi connectivity index (χ3v) is 4.81. The van der Waals surface area contributed by atoms with Gasteiger partial charge in [0.05, 0.1) is 12.1 Å². The summed E-state index contributed by atoms with van der Waals surface area (Å²) < 4.78 is 18.3. The maximum absolute atomic E-state index is 13.0. The van der Waals surface area contributed by atoms with Gasteiger partial charge in [-0.05, 0) is 35.1 Å². The van der Waals surface area contributed by atoms with E-state index in [1.54, 1.807) is 0 Å². The van der Waals surface area contributed by atoms with E-state index in [-0.39, 0.29) is 0 Å². The fraction of sp³-hybridized carbons (Fsp3) is 0.600. The molecule has 1 heterocycles. The zero-order valence-electron chi connectivity index (χ0n) is 12.5. The number of benzene rings is 1. The summed E-state index contributed by atoms with van der Waals surface area (Å²) in [5, 5.41) is 3.47. The van der Waals surface area contributed by atoms with Gasteiger partial charge >= 0.3 is 0 Å². The van der Waals surface area contributed by atoms with Crippen LogP contribution >= 0.6 is 0 Å². The van der Waals surface area contributed by atoms with Gasteiger partial charge in [0.2, 0.25) is 0 Å². The largest absolute Gasteiger partial charge is 0.376 e. The van der Waals surface area contributed by atoms with Crippen LogP contribution in [-0.4, -0.2) is 39.0 Å². The number of alkyl halides is 1. The van der Waals surface area contributed by atoms with Gasteiger partial charge in [-0.25, -0.2) is 0 Å². The van der Waals surface area contributed by atoms with E-state index in [9.17, 15) is 4.39 Å². The van der Waals surface area contributed by atoms with Gasteiger partial charge in [-0.3, -0.25) is 4.39 Å². The molecule has 1 saturated carbocycles. The minimum atomic E-state index is -0.849. The summed E-state index contributed by atoms with van der Waals surface area (Å²) in [5.74, 6) is 1.26. The smallest absolute Gasteiger partial charge is 0.101 e. The Bertz CT molecular complexity index is 562. The van der Waals surface area contributed by atoms with Gasteiger partial charge in [0.25, 0.3) is 0 Å². The number of rotatable bonds is 6. The van der Waals surface area contributed by atoms with E-state index in [2.05, 4.69) is 14.9 Å². The Balaban J connectivity index is 1.71. The van der Waals surface area contributed by atoms with E-state index in [1.807, 2.05) is 24.3 Å². The molecule has 1 aromatic rings. The number of nitrogens with two attached hydrogens (primary N) is 1. The van der Waals surface area contributed by atoms with Crippen molar-refractivity contribution in [3.63, 3.8) is 0 Å². The molecule has 7 heteroatoms. The maximum atomic E-state index is 13.0. The molecule has 1 saturated heterocycles. The number of piperidine rings is 1. The number of hydrogen-bond donors (Lipinski definition) is 1. The SMILES string of the molecule is CO[C@H](c1ccc(N2CC3C(N)[C@@H]3C2)cc1)[C@@H](CF)N=[N+]=[N-]. The second kappa shape index (κ2) is 6.12. The van der Waals surface area contributed by atoms with Crippen molar-refractivity contribution in [2.75, 3.05) is 31.8 Å². The first kappa shape index (κ1) is 15.1. The van der Waals surface area contributed by atoms with Gasteiger partial charge in [0.15, 0.2) is 0 Å². The molecule has 5 atom stereocenters. The monoisotopic (exact) mass is 305 g/mol. The Labute approximate surface area is 128 Å². The predicted octanol–water partition coefficient (Wildman–Crippen LogP) is 2.42. The predicted molar refractivity (Wildman–Crippen MR) is 82.3 cm³/mol. The summed E-state index contributed by atoms with van der Waals surface area (Å²) in [7, 11) is 1.49. The average molecular weight is 305 g/mol. The van der Waals surface area contributed by atoms with Gasteiger partial charge in [-0.1, -0.05) is 17.2 Å². The number of methoxy groups -OCH3 is 1. The minimum absolute atomic E-state index is 0.377. The van der Waals surface area contributed by atoms with Crippen LogP contribution in [0.15, 0.2) is 29.4 Å². The summed E-state index contributed by atoms with van der Waals surface area (Å²) in [6.07, 6.45) is -0.574. The van der Waals surface area contributed by atoms with Gasteiger partial charge < -0.3 is 15.4 Å².